The van der Waals surface area contributed by atoms with Gasteiger partial charge in [0.1, 0.15) is 21.7 Å². The Morgan fingerprint density at radius 2 is 1.38 bits per heavy atom. The summed E-state index contributed by atoms with van der Waals surface area (Å²) < 4.78 is 0. The van der Waals surface area contributed by atoms with Crippen LogP contribution >= 0.6 is 23.2 Å². The summed E-state index contributed by atoms with van der Waals surface area (Å²) in [5.41, 5.74) is 0.915. The minimum Gasteiger partial charge on any atom is -0.477 e. The van der Waals surface area contributed by atoms with E-state index in [1.165, 1.54) is 12.1 Å². The minimum absolute atomic E-state index is 0.0347. The fraction of sp³-hybridized carbons (Fsp3) is 0. The van der Waals surface area contributed by atoms with Crippen molar-refractivity contribution in [3.8, 4) is 0 Å². The number of rotatable bonds is 3. The van der Waals surface area contributed by atoms with Crippen LogP contribution in [-0.2, 0) is 0 Å². The number of anilines is 1. The number of carbonyl (C=O) groups is 2. The van der Waals surface area contributed by atoms with Gasteiger partial charge in [-0.15, -0.1) is 0 Å². The van der Waals surface area contributed by atoms with Crippen LogP contribution < -0.4 is 5.32 Å². The van der Waals surface area contributed by atoms with E-state index in [4.69, 9.17) is 28.3 Å². The lowest BCUT2D eigenvalue weighted by Crippen LogP contribution is -2.13. The van der Waals surface area contributed by atoms with Crippen LogP contribution in [0.3, 0.4) is 0 Å². The molecular weight excluding hydrogens is 379 g/mol. The number of nitrogens with zero attached hydrogens (tertiary/aromatic N) is 3. The second kappa shape index (κ2) is 9.45. The number of carboxylic acid groups (broad SMARTS) is 1. The van der Waals surface area contributed by atoms with Crippen molar-refractivity contribution in [2.24, 2.45) is 0 Å². The fourth-order valence-electron chi connectivity index (χ4n) is 1.69. The summed E-state index contributed by atoms with van der Waals surface area (Å²) in [5.74, 6) is -1.36. The third kappa shape index (κ3) is 6.12. The summed E-state index contributed by atoms with van der Waals surface area (Å²) in [6.07, 6.45) is 3.20. The molecule has 0 aliphatic heterocycles. The Labute approximate surface area is 158 Å². The number of nitrogens with one attached hydrogen (secondary N) is 1. The van der Waals surface area contributed by atoms with Gasteiger partial charge in [0, 0.05) is 18.1 Å². The van der Waals surface area contributed by atoms with Gasteiger partial charge < -0.3 is 10.4 Å². The van der Waals surface area contributed by atoms with Gasteiger partial charge in [-0.3, -0.25) is 9.78 Å². The molecule has 3 aromatic rings. The number of pyridine rings is 3. The van der Waals surface area contributed by atoms with E-state index in [1.54, 1.807) is 48.8 Å². The molecule has 0 atom stereocenters. The molecule has 0 aromatic carbocycles. The highest BCUT2D eigenvalue weighted by atomic mass is 35.5. The summed E-state index contributed by atoms with van der Waals surface area (Å²) in [6.45, 7) is 0. The maximum atomic E-state index is 11.7. The standard InChI is InChI=1S/C11H8ClN3O.C6H4ClNO2/c12-10-3-1-2-9(15-10)11(16)14-8-4-6-13-7-5-8;7-5-3-1-2-4(8-5)6(9)10/h1-7H,(H,13,14,16);1-3H,(H,9,10). The molecule has 0 saturated heterocycles. The van der Waals surface area contributed by atoms with Crippen LogP contribution in [0.2, 0.25) is 10.3 Å². The summed E-state index contributed by atoms with van der Waals surface area (Å²) in [4.78, 5) is 33.2. The number of aromatic carboxylic acids is 1. The van der Waals surface area contributed by atoms with Crippen LogP contribution in [0.25, 0.3) is 0 Å². The van der Waals surface area contributed by atoms with E-state index in [0.717, 1.165) is 0 Å². The van der Waals surface area contributed by atoms with E-state index in [1.807, 2.05) is 0 Å². The van der Waals surface area contributed by atoms with E-state index in [-0.39, 0.29) is 22.4 Å². The van der Waals surface area contributed by atoms with Gasteiger partial charge in [-0.25, -0.2) is 14.8 Å². The number of hydrogen-bond donors (Lipinski definition) is 2. The Morgan fingerprint density at radius 3 is 1.88 bits per heavy atom. The number of aromatic nitrogens is 3. The van der Waals surface area contributed by atoms with Gasteiger partial charge in [-0.2, -0.15) is 0 Å². The van der Waals surface area contributed by atoms with Crippen LogP contribution in [0.4, 0.5) is 5.69 Å². The molecule has 26 heavy (non-hydrogen) atoms. The number of carboxylic acids is 1. The second-order valence-electron chi connectivity index (χ2n) is 4.69. The number of hydrogen-bond acceptors (Lipinski definition) is 5. The van der Waals surface area contributed by atoms with E-state index < -0.39 is 5.97 Å². The van der Waals surface area contributed by atoms with Gasteiger partial charge >= 0.3 is 5.97 Å². The molecule has 0 saturated carbocycles. The molecule has 0 aliphatic carbocycles. The Morgan fingerprint density at radius 1 is 0.846 bits per heavy atom. The number of halogens is 2. The SMILES string of the molecule is O=C(Nc1ccncc1)c1cccc(Cl)n1.O=C(O)c1cccc(Cl)n1. The monoisotopic (exact) mass is 390 g/mol. The van der Waals surface area contributed by atoms with Gasteiger partial charge in [-0.05, 0) is 36.4 Å². The average molecular weight is 391 g/mol. The maximum absolute atomic E-state index is 11.7. The van der Waals surface area contributed by atoms with Gasteiger partial charge in [-0.1, -0.05) is 35.3 Å². The first-order chi connectivity index (χ1) is 12.5. The van der Waals surface area contributed by atoms with E-state index in [2.05, 4.69) is 20.3 Å². The lowest BCUT2D eigenvalue weighted by molar-refractivity contribution is 0.0690. The molecule has 9 heteroatoms. The van der Waals surface area contributed by atoms with Crippen molar-refractivity contribution in [3.63, 3.8) is 0 Å². The molecule has 0 radical (unpaired) electrons. The molecule has 3 aromatic heterocycles. The first-order valence-electron chi connectivity index (χ1n) is 7.15. The van der Waals surface area contributed by atoms with E-state index in [9.17, 15) is 9.59 Å². The van der Waals surface area contributed by atoms with E-state index >= 15 is 0 Å². The lowest BCUT2D eigenvalue weighted by Gasteiger charge is -2.03. The average Bonchev–Trinajstić information content (AvgIpc) is 2.63. The van der Waals surface area contributed by atoms with Crippen molar-refractivity contribution in [2.75, 3.05) is 5.32 Å². The highest BCUT2D eigenvalue weighted by molar-refractivity contribution is 6.29. The van der Waals surface area contributed by atoms with Crippen LogP contribution in [-0.4, -0.2) is 31.9 Å². The molecule has 0 bridgehead atoms. The van der Waals surface area contributed by atoms with Gasteiger partial charge in [0.2, 0.25) is 0 Å². The molecule has 7 nitrogen and oxygen atoms in total. The highest BCUT2D eigenvalue weighted by Crippen LogP contribution is 2.09. The van der Waals surface area contributed by atoms with Crippen molar-refractivity contribution in [1.82, 2.24) is 15.0 Å². The number of amides is 1. The van der Waals surface area contributed by atoms with Gasteiger partial charge in [0.25, 0.3) is 5.91 Å². The minimum atomic E-state index is -1.07. The number of carbonyl (C=O) groups excluding carboxylic acids is 1. The molecule has 3 rings (SSSR count). The molecule has 2 N–H and O–H groups in total. The molecule has 132 valence electrons. The zero-order valence-electron chi connectivity index (χ0n) is 13.1. The molecule has 1 amide bonds. The Bertz CT molecular complexity index is 907. The van der Waals surface area contributed by atoms with Crippen LogP contribution in [0.5, 0.6) is 0 Å². The van der Waals surface area contributed by atoms with Crippen molar-refractivity contribution in [2.45, 2.75) is 0 Å². The smallest absolute Gasteiger partial charge is 0.354 e. The Kier molecular flexibility index (Phi) is 7.02. The largest absolute Gasteiger partial charge is 0.477 e. The maximum Gasteiger partial charge on any atom is 0.354 e. The van der Waals surface area contributed by atoms with Crippen molar-refractivity contribution in [1.29, 1.82) is 0 Å². The fourth-order valence-corrected chi connectivity index (χ4v) is 2.02. The van der Waals surface area contributed by atoms with Crippen LogP contribution in [0.1, 0.15) is 21.0 Å². The van der Waals surface area contributed by atoms with Crippen LogP contribution in [0, 0.1) is 0 Å². The lowest BCUT2D eigenvalue weighted by atomic mass is 10.3. The predicted octanol–water partition coefficient (Wildman–Crippen LogP) is 3.82. The first-order valence-corrected chi connectivity index (χ1v) is 7.91. The van der Waals surface area contributed by atoms with Crippen LogP contribution in [0.15, 0.2) is 60.9 Å². The summed E-state index contributed by atoms with van der Waals surface area (Å²) in [6, 6.07) is 12.7. The van der Waals surface area contributed by atoms with Crippen molar-refractivity contribution >= 4 is 40.8 Å². The zero-order valence-corrected chi connectivity index (χ0v) is 14.6. The third-order valence-electron chi connectivity index (χ3n) is 2.82. The van der Waals surface area contributed by atoms with Crippen molar-refractivity contribution < 1.29 is 14.7 Å². The summed E-state index contributed by atoms with van der Waals surface area (Å²) in [7, 11) is 0. The first kappa shape index (κ1) is 19.3. The van der Waals surface area contributed by atoms with Gasteiger partial charge in [0.15, 0.2) is 0 Å². The van der Waals surface area contributed by atoms with E-state index in [0.29, 0.717) is 10.8 Å². The van der Waals surface area contributed by atoms with Crippen molar-refractivity contribution in [3.05, 3.63) is 82.6 Å². The normalized spacial score (nSPS) is 9.62. The quantitative estimate of drug-likeness (QED) is 0.658. The Balaban J connectivity index is 0.000000209. The van der Waals surface area contributed by atoms with Gasteiger partial charge in [0.05, 0.1) is 0 Å². The topological polar surface area (TPSA) is 105 Å². The molecule has 3 heterocycles. The third-order valence-corrected chi connectivity index (χ3v) is 3.24. The highest BCUT2D eigenvalue weighted by Gasteiger charge is 2.07. The predicted molar refractivity (Wildman–Crippen MR) is 97.6 cm³/mol. The molecule has 0 unspecified atom stereocenters. The Hall–Kier alpha value is -3.03. The summed E-state index contributed by atoms with van der Waals surface area (Å²) in [5, 5.41) is 11.6. The second-order valence-corrected chi connectivity index (χ2v) is 5.46. The molecule has 0 aliphatic rings. The molecular formula is C17H12Cl2N4O3. The molecule has 0 spiro atoms. The zero-order chi connectivity index (χ0) is 18.9. The molecule has 0 fully saturated rings. The summed E-state index contributed by atoms with van der Waals surface area (Å²) >= 11 is 11.1.